The smallest absolute Gasteiger partial charge is 0.408 e. The number of rotatable bonds is 6. The van der Waals surface area contributed by atoms with E-state index in [2.05, 4.69) is 5.32 Å². The van der Waals surface area contributed by atoms with Crippen LogP contribution in [0.4, 0.5) is 4.79 Å². The van der Waals surface area contributed by atoms with Crippen LogP contribution in [0.15, 0.2) is 18.2 Å². The molecule has 0 saturated carbocycles. The molecule has 0 fully saturated rings. The van der Waals surface area contributed by atoms with Gasteiger partial charge in [0.15, 0.2) is 11.5 Å². The maximum atomic E-state index is 12.4. The Labute approximate surface area is 149 Å². The van der Waals surface area contributed by atoms with Crippen molar-refractivity contribution >= 4 is 12.0 Å². The van der Waals surface area contributed by atoms with Crippen molar-refractivity contribution < 1.29 is 23.8 Å². The minimum absolute atomic E-state index is 0.222. The van der Waals surface area contributed by atoms with Gasteiger partial charge in [0.1, 0.15) is 11.6 Å². The monoisotopic (exact) mass is 352 g/mol. The summed E-state index contributed by atoms with van der Waals surface area (Å²) in [6.07, 6.45) is -0.329. The van der Waals surface area contributed by atoms with Crippen LogP contribution in [0.2, 0.25) is 0 Å². The van der Waals surface area contributed by atoms with Crippen LogP contribution in [0.1, 0.15) is 26.3 Å². The van der Waals surface area contributed by atoms with Crippen LogP contribution in [-0.2, 0) is 16.0 Å². The summed E-state index contributed by atoms with van der Waals surface area (Å²) in [5.74, 6) is 0.941. The van der Waals surface area contributed by atoms with Crippen molar-refractivity contribution in [2.24, 2.45) is 0 Å². The van der Waals surface area contributed by atoms with E-state index in [9.17, 15) is 9.59 Å². The fourth-order valence-electron chi connectivity index (χ4n) is 2.20. The van der Waals surface area contributed by atoms with Crippen molar-refractivity contribution in [3.05, 3.63) is 23.8 Å². The van der Waals surface area contributed by atoms with Gasteiger partial charge in [0.25, 0.3) is 0 Å². The molecule has 0 aromatic heterocycles. The highest BCUT2D eigenvalue weighted by Crippen LogP contribution is 2.28. The lowest BCUT2D eigenvalue weighted by Gasteiger charge is -2.25. The number of nitrogens with one attached hydrogen (secondary N) is 1. The zero-order chi connectivity index (χ0) is 19.2. The molecule has 25 heavy (non-hydrogen) atoms. The average Bonchev–Trinajstić information content (AvgIpc) is 2.51. The minimum Gasteiger partial charge on any atom is -0.493 e. The van der Waals surface area contributed by atoms with E-state index in [0.29, 0.717) is 17.9 Å². The van der Waals surface area contributed by atoms with Crippen molar-refractivity contribution in [1.29, 1.82) is 0 Å². The molecule has 0 aliphatic rings. The van der Waals surface area contributed by atoms with Crippen LogP contribution < -0.4 is 14.8 Å². The fourth-order valence-corrected chi connectivity index (χ4v) is 2.20. The molecular formula is C18H28N2O5. The largest absolute Gasteiger partial charge is 0.493 e. The molecule has 7 heteroatoms. The normalized spacial score (nSPS) is 12.1. The standard InChI is InChI=1S/C18H28N2O5/c1-18(2,3)25-17(22)19-13(16(21)20(4)5)10-12-8-9-14(23-6)15(11-12)24-7/h8-9,11,13H,10H2,1-7H3,(H,19,22)/t13-/m0/s1. The number of carbonyl (C=O) groups is 2. The number of methoxy groups -OCH3 is 2. The van der Waals surface area contributed by atoms with Crippen molar-refractivity contribution in [2.75, 3.05) is 28.3 Å². The third kappa shape index (κ3) is 6.52. The van der Waals surface area contributed by atoms with E-state index in [1.807, 2.05) is 6.07 Å². The maximum absolute atomic E-state index is 12.4. The molecule has 0 bridgehead atoms. The van der Waals surface area contributed by atoms with Gasteiger partial charge in [-0.3, -0.25) is 4.79 Å². The molecule has 1 atom stereocenters. The average molecular weight is 352 g/mol. The summed E-state index contributed by atoms with van der Waals surface area (Å²) in [5, 5.41) is 2.64. The molecule has 0 aliphatic carbocycles. The highest BCUT2D eigenvalue weighted by Gasteiger charge is 2.26. The van der Waals surface area contributed by atoms with Gasteiger partial charge in [0, 0.05) is 20.5 Å². The van der Waals surface area contributed by atoms with Gasteiger partial charge in [-0.25, -0.2) is 4.79 Å². The maximum Gasteiger partial charge on any atom is 0.408 e. The molecule has 0 saturated heterocycles. The van der Waals surface area contributed by atoms with Crippen LogP contribution >= 0.6 is 0 Å². The molecule has 0 aliphatic heterocycles. The first-order valence-electron chi connectivity index (χ1n) is 7.99. The summed E-state index contributed by atoms with van der Waals surface area (Å²) in [4.78, 5) is 25.9. The van der Waals surface area contributed by atoms with Crippen molar-refractivity contribution in [1.82, 2.24) is 10.2 Å². The predicted octanol–water partition coefficient (Wildman–Crippen LogP) is 2.23. The van der Waals surface area contributed by atoms with Gasteiger partial charge in [-0.1, -0.05) is 6.07 Å². The molecule has 0 heterocycles. The van der Waals surface area contributed by atoms with Crippen LogP contribution in [-0.4, -0.2) is 56.9 Å². The van der Waals surface area contributed by atoms with Gasteiger partial charge >= 0.3 is 6.09 Å². The summed E-state index contributed by atoms with van der Waals surface area (Å²) in [5.41, 5.74) is 0.188. The van der Waals surface area contributed by atoms with E-state index in [0.717, 1.165) is 5.56 Å². The first-order valence-corrected chi connectivity index (χ1v) is 7.99. The van der Waals surface area contributed by atoms with E-state index in [1.165, 1.54) is 4.90 Å². The minimum atomic E-state index is -0.747. The molecule has 0 unspecified atom stereocenters. The lowest BCUT2D eigenvalue weighted by Crippen LogP contribution is -2.48. The summed E-state index contributed by atoms with van der Waals surface area (Å²) in [7, 11) is 6.38. The van der Waals surface area contributed by atoms with Gasteiger partial charge in [-0.05, 0) is 38.5 Å². The van der Waals surface area contributed by atoms with Gasteiger partial charge in [0.2, 0.25) is 5.91 Å². The molecular weight excluding hydrogens is 324 g/mol. The lowest BCUT2D eigenvalue weighted by molar-refractivity contribution is -0.130. The Kier molecular flexibility index (Phi) is 7.09. The molecule has 140 valence electrons. The number of hydrogen-bond donors (Lipinski definition) is 1. The predicted molar refractivity (Wildman–Crippen MR) is 95.1 cm³/mol. The Morgan fingerprint density at radius 2 is 1.72 bits per heavy atom. The number of carbonyl (C=O) groups excluding carboxylic acids is 2. The number of nitrogens with zero attached hydrogens (tertiary/aromatic N) is 1. The van der Waals surface area contributed by atoms with Crippen molar-refractivity contribution in [3.8, 4) is 11.5 Å². The Bertz CT molecular complexity index is 608. The van der Waals surface area contributed by atoms with Gasteiger partial charge < -0.3 is 24.4 Å². The number of ether oxygens (including phenoxy) is 3. The van der Waals surface area contributed by atoms with Gasteiger partial charge in [0.05, 0.1) is 14.2 Å². The van der Waals surface area contributed by atoms with E-state index < -0.39 is 17.7 Å². The Balaban J connectivity index is 2.98. The fraction of sp³-hybridized carbons (Fsp3) is 0.556. The molecule has 1 N–H and O–H groups in total. The second-order valence-electron chi connectivity index (χ2n) is 6.82. The molecule has 1 aromatic carbocycles. The summed E-state index contributed by atoms with van der Waals surface area (Å²) in [6.45, 7) is 5.30. The molecule has 2 amide bonds. The van der Waals surface area contributed by atoms with Crippen LogP contribution in [0.5, 0.6) is 11.5 Å². The van der Waals surface area contributed by atoms with Crippen molar-refractivity contribution in [3.63, 3.8) is 0 Å². The highest BCUT2D eigenvalue weighted by molar-refractivity contribution is 5.85. The van der Waals surface area contributed by atoms with Crippen LogP contribution in [0, 0.1) is 0 Å². The van der Waals surface area contributed by atoms with Gasteiger partial charge in [-0.2, -0.15) is 0 Å². The Morgan fingerprint density at radius 1 is 1.12 bits per heavy atom. The lowest BCUT2D eigenvalue weighted by atomic mass is 10.0. The summed E-state index contributed by atoms with van der Waals surface area (Å²) in [6, 6.07) is 4.63. The first kappa shape index (κ1) is 20.6. The zero-order valence-corrected chi connectivity index (χ0v) is 16.0. The summed E-state index contributed by atoms with van der Waals surface area (Å²) >= 11 is 0. The van der Waals surface area contributed by atoms with E-state index >= 15 is 0 Å². The van der Waals surface area contributed by atoms with E-state index in [4.69, 9.17) is 14.2 Å². The quantitative estimate of drug-likeness (QED) is 0.849. The number of hydrogen-bond acceptors (Lipinski definition) is 5. The number of benzene rings is 1. The molecule has 0 spiro atoms. The molecule has 1 rings (SSSR count). The molecule has 7 nitrogen and oxygen atoms in total. The Morgan fingerprint density at radius 3 is 2.20 bits per heavy atom. The highest BCUT2D eigenvalue weighted by atomic mass is 16.6. The molecule has 0 radical (unpaired) electrons. The number of likely N-dealkylation sites (N-methyl/N-ethyl adjacent to an activating group) is 1. The first-order chi connectivity index (χ1) is 11.6. The van der Waals surface area contributed by atoms with Crippen LogP contribution in [0.3, 0.4) is 0 Å². The second kappa shape index (κ2) is 8.60. The summed E-state index contributed by atoms with van der Waals surface area (Å²) < 4.78 is 15.7. The zero-order valence-electron chi connectivity index (χ0n) is 16.0. The third-order valence-electron chi connectivity index (χ3n) is 3.32. The van der Waals surface area contributed by atoms with E-state index in [1.54, 1.807) is 61.2 Å². The third-order valence-corrected chi connectivity index (χ3v) is 3.32. The number of amides is 2. The number of alkyl carbamates (subject to hydrolysis) is 1. The second-order valence-corrected chi connectivity index (χ2v) is 6.82. The van der Waals surface area contributed by atoms with Crippen molar-refractivity contribution in [2.45, 2.75) is 38.8 Å². The van der Waals surface area contributed by atoms with Gasteiger partial charge in [-0.15, -0.1) is 0 Å². The topological polar surface area (TPSA) is 77.1 Å². The Hall–Kier alpha value is -2.44. The SMILES string of the molecule is COc1ccc(C[C@H](NC(=O)OC(C)(C)C)C(=O)N(C)C)cc1OC. The van der Waals surface area contributed by atoms with Crippen LogP contribution in [0.25, 0.3) is 0 Å². The van der Waals surface area contributed by atoms with E-state index in [-0.39, 0.29) is 5.91 Å². The molecule has 1 aromatic rings.